The second-order valence-electron chi connectivity index (χ2n) is 5.40. The standard InChI is InChI=1S/C17H16N2O5/c20-17(19-11-5-6-14-16(7-11)23-10-22-14)18-8-12-9-21-13-3-1-2-4-15(13)24-12/h1-7,12H,8-10H2,(H2,18,19,20). The molecule has 7 nitrogen and oxygen atoms in total. The average Bonchev–Trinajstić information content (AvgIpc) is 3.07. The van der Waals surface area contributed by atoms with Crippen molar-refractivity contribution in [3.05, 3.63) is 42.5 Å². The third-order valence-electron chi connectivity index (χ3n) is 3.69. The lowest BCUT2D eigenvalue weighted by atomic mass is 10.2. The molecule has 2 aromatic carbocycles. The largest absolute Gasteiger partial charge is 0.486 e. The van der Waals surface area contributed by atoms with Crippen LogP contribution in [0.2, 0.25) is 0 Å². The van der Waals surface area contributed by atoms with E-state index in [0.717, 1.165) is 5.75 Å². The molecule has 2 amide bonds. The van der Waals surface area contributed by atoms with Gasteiger partial charge in [-0.3, -0.25) is 0 Å². The molecule has 0 bridgehead atoms. The first-order chi connectivity index (χ1) is 11.8. The minimum absolute atomic E-state index is 0.200. The lowest BCUT2D eigenvalue weighted by Crippen LogP contribution is -2.42. The summed E-state index contributed by atoms with van der Waals surface area (Å²) < 4.78 is 21.9. The van der Waals surface area contributed by atoms with Crippen molar-refractivity contribution in [1.82, 2.24) is 5.32 Å². The van der Waals surface area contributed by atoms with Crippen LogP contribution in [0.25, 0.3) is 0 Å². The summed E-state index contributed by atoms with van der Waals surface area (Å²) in [6.45, 7) is 0.928. The van der Waals surface area contributed by atoms with Crippen molar-refractivity contribution in [3.8, 4) is 23.0 Å². The highest BCUT2D eigenvalue weighted by Crippen LogP contribution is 2.34. The van der Waals surface area contributed by atoms with Gasteiger partial charge < -0.3 is 29.6 Å². The number of para-hydroxylation sites is 2. The zero-order valence-electron chi connectivity index (χ0n) is 12.8. The molecule has 1 unspecified atom stereocenters. The number of hydrogen-bond acceptors (Lipinski definition) is 5. The topological polar surface area (TPSA) is 78.1 Å². The van der Waals surface area contributed by atoms with Crippen LogP contribution in [0.4, 0.5) is 10.5 Å². The van der Waals surface area contributed by atoms with Gasteiger partial charge in [0.1, 0.15) is 6.61 Å². The fourth-order valence-corrected chi connectivity index (χ4v) is 2.52. The van der Waals surface area contributed by atoms with Crippen molar-refractivity contribution in [2.24, 2.45) is 0 Å². The zero-order valence-corrected chi connectivity index (χ0v) is 12.8. The van der Waals surface area contributed by atoms with Gasteiger partial charge in [0.05, 0.1) is 6.54 Å². The number of rotatable bonds is 3. The molecular formula is C17H16N2O5. The molecule has 0 saturated carbocycles. The molecule has 7 heteroatoms. The van der Waals surface area contributed by atoms with E-state index in [1.165, 1.54) is 0 Å². The van der Waals surface area contributed by atoms with Crippen LogP contribution < -0.4 is 29.6 Å². The van der Waals surface area contributed by atoms with Crippen molar-refractivity contribution < 1.29 is 23.7 Å². The van der Waals surface area contributed by atoms with Crippen molar-refractivity contribution in [1.29, 1.82) is 0 Å². The van der Waals surface area contributed by atoms with Crippen molar-refractivity contribution in [3.63, 3.8) is 0 Å². The Morgan fingerprint density at radius 1 is 1.00 bits per heavy atom. The Labute approximate surface area is 138 Å². The third-order valence-corrected chi connectivity index (χ3v) is 3.69. The summed E-state index contributed by atoms with van der Waals surface area (Å²) in [5, 5.41) is 5.52. The monoisotopic (exact) mass is 328 g/mol. The Balaban J connectivity index is 1.30. The lowest BCUT2D eigenvalue weighted by Gasteiger charge is -2.26. The number of ether oxygens (including phenoxy) is 4. The number of carbonyl (C=O) groups excluding carboxylic acids is 1. The van der Waals surface area contributed by atoms with Crippen LogP contribution in [0.1, 0.15) is 0 Å². The molecule has 0 spiro atoms. The molecule has 0 radical (unpaired) electrons. The number of hydrogen-bond donors (Lipinski definition) is 2. The van der Waals surface area contributed by atoms with Gasteiger partial charge in [-0.15, -0.1) is 0 Å². The van der Waals surface area contributed by atoms with Gasteiger partial charge in [-0.1, -0.05) is 12.1 Å². The number of nitrogens with one attached hydrogen (secondary N) is 2. The fraction of sp³-hybridized carbons (Fsp3) is 0.235. The summed E-state index contributed by atoms with van der Waals surface area (Å²) in [5.74, 6) is 2.70. The van der Waals surface area contributed by atoms with E-state index in [4.69, 9.17) is 18.9 Å². The second-order valence-corrected chi connectivity index (χ2v) is 5.40. The first kappa shape index (κ1) is 14.5. The zero-order chi connectivity index (χ0) is 16.4. The maximum atomic E-state index is 12.0. The number of fused-ring (bicyclic) bond motifs is 2. The number of benzene rings is 2. The third kappa shape index (κ3) is 3.01. The summed E-state index contributed by atoms with van der Waals surface area (Å²) in [6.07, 6.45) is -0.234. The summed E-state index contributed by atoms with van der Waals surface area (Å²) in [7, 11) is 0. The van der Waals surface area contributed by atoms with Crippen LogP contribution in [0.15, 0.2) is 42.5 Å². The van der Waals surface area contributed by atoms with Crippen LogP contribution >= 0.6 is 0 Å². The van der Waals surface area contributed by atoms with Crippen LogP contribution in [-0.2, 0) is 0 Å². The molecule has 2 aliphatic rings. The Hall–Kier alpha value is -3.09. The van der Waals surface area contributed by atoms with E-state index in [1.807, 2.05) is 24.3 Å². The molecule has 4 rings (SSSR count). The number of urea groups is 1. The predicted molar refractivity (Wildman–Crippen MR) is 85.9 cm³/mol. The van der Waals surface area contributed by atoms with E-state index in [9.17, 15) is 4.79 Å². The minimum atomic E-state index is -0.323. The van der Waals surface area contributed by atoms with E-state index >= 15 is 0 Å². The number of carbonyl (C=O) groups is 1. The Morgan fingerprint density at radius 3 is 2.71 bits per heavy atom. The van der Waals surface area contributed by atoms with E-state index in [1.54, 1.807) is 18.2 Å². The van der Waals surface area contributed by atoms with Gasteiger partial charge in [-0.05, 0) is 24.3 Å². The van der Waals surface area contributed by atoms with Crippen molar-refractivity contribution >= 4 is 11.7 Å². The van der Waals surface area contributed by atoms with Gasteiger partial charge in [-0.25, -0.2) is 4.79 Å². The highest BCUT2D eigenvalue weighted by Gasteiger charge is 2.21. The van der Waals surface area contributed by atoms with Crippen molar-refractivity contribution in [2.45, 2.75) is 6.10 Å². The highest BCUT2D eigenvalue weighted by atomic mass is 16.7. The first-order valence-electron chi connectivity index (χ1n) is 7.61. The van der Waals surface area contributed by atoms with Gasteiger partial charge >= 0.3 is 6.03 Å². The van der Waals surface area contributed by atoms with Gasteiger partial charge in [0.2, 0.25) is 6.79 Å². The predicted octanol–water partition coefficient (Wildman–Crippen LogP) is 2.38. The smallest absolute Gasteiger partial charge is 0.319 e. The van der Waals surface area contributed by atoms with Crippen molar-refractivity contribution in [2.75, 3.05) is 25.3 Å². The highest BCUT2D eigenvalue weighted by molar-refractivity contribution is 5.89. The molecule has 2 N–H and O–H groups in total. The Bertz CT molecular complexity index is 764. The summed E-state index contributed by atoms with van der Waals surface area (Å²) in [5.41, 5.74) is 0.628. The first-order valence-corrected chi connectivity index (χ1v) is 7.61. The average molecular weight is 328 g/mol. The maximum Gasteiger partial charge on any atom is 0.319 e. The van der Waals surface area contributed by atoms with Gasteiger partial charge in [0.15, 0.2) is 29.1 Å². The summed E-state index contributed by atoms with van der Waals surface area (Å²) in [6, 6.07) is 12.4. The molecule has 2 aliphatic heterocycles. The Kier molecular flexibility index (Phi) is 3.74. The van der Waals surface area contributed by atoms with E-state index in [-0.39, 0.29) is 18.9 Å². The lowest BCUT2D eigenvalue weighted by molar-refractivity contribution is 0.0922. The molecule has 2 aromatic rings. The minimum Gasteiger partial charge on any atom is -0.486 e. The molecule has 24 heavy (non-hydrogen) atoms. The molecular weight excluding hydrogens is 312 g/mol. The summed E-state index contributed by atoms with van der Waals surface area (Å²) in [4.78, 5) is 12.0. The van der Waals surface area contributed by atoms with Gasteiger partial charge in [0, 0.05) is 11.8 Å². The van der Waals surface area contributed by atoms with Crippen LogP contribution in [0, 0.1) is 0 Å². The number of amides is 2. The normalized spacial score (nSPS) is 17.2. The van der Waals surface area contributed by atoms with Gasteiger partial charge in [0.25, 0.3) is 0 Å². The second kappa shape index (κ2) is 6.19. The van der Waals surface area contributed by atoms with E-state index in [2.05, 4.69) is 10.6 Å². The molecule has 0 aromatic heterocycles. The summed E-state index contributed by atoms with van der Waals surface area (Å²) >= 11 is 0. The molecule has 0 saturated heterocycles. The number of anilines is 1. The maximum absolute atomic E-state index is 12.0. The van der Waals surface area contributed by atoms with Gasteiger partial charge in [-0.2, -0.15) is 0 Å². The molecule has 2 heterocycles. The van der Waals surface area contributed by atoms with Crippen LogP contribution in [0.5, 0.6) is 23.0 Å². The van der Waals surface area contributed by atoms with Crippen LogP contribution in [-0.4, -0.2) is 32.1 Å². The van der Waals surface area contributed by atoms with Crippen LogP contribution in [0.3, 0.4) is 0 Å². The fourth-order valence-electron chi connectivity index (χ4n) is 2.52. The molecule has 124 valence electrons. The molecule has 0 fully saturated rings. The van der Waals surface area contributed by atoms with E-state index < -0.39 is 0 Å². The SMILES string of the molecule is O=C(NCC1COc2ccccc2O1)Nc1ccc2c(c1)OCO2. The van der Waals surface area contributed by atoms with E-state index in [0.29, 0.717) is 36.1 Å². The molecule has 1 atom stereocenters. The Morgan fingerprint density at radius 2 is 1.79 bits per heavy atom. The quantitative estimate of drug-likeness (QED) is 0.904. The molecule has 0 aliphatic carbocycles.